The summed E-state index contributed by atoms with van der Waals surface area (Å²) in [4.78, 5) is 20.0. The maximum Gasteiger partial charge on any atom is 0.353 e. The van der Waals surface area contributed by atoms with Crippen LogP contribution in [0.25, 0.3) is 0 Å². The van der Waals surface area contributed by atoms with Crippen LogP contribution in [0.1, 0.15) is 19.8 Å². The van der Waals surface area contributed by atoms with Gasteiger partial charge in [-0.3, -0.25) is 10.1 Å². The predicted molar refractivity (Wildman–Crippen MR) is 59.1 cm³/mol. The number of nitrogens with zero attached hydrogens (tertiary/aromatic N) is 4. The van der Waals surface area contributed by atoms with E-state index in [0.717, 1.165) is 12.8 Å². The normalized spacial score (nSPS) is 14.8. The van der Waals surface area contributed by atoms with E-state index < -0.39 is 4.92 Å². The SMILES string of the molecule is CCN(c1ncnc(N)c1[N+](=O)[O-])C1CC1. The summed E-state index contributed by atoms with van der Waals surface area (Å²) in [6.45, 7) is 2.63. The maximum absolute atomic E-state index is 10.9. The Morgan fingerprint density at radius 2 is 2.31 bits per heavy atom. The number of nitrogens with two attached hydrogens (primary N) is 1. The monoisotopic (exact) mass is 223 g/mol. The fourth-order valence-corrected chi connectivity index (χ4v) is 1.74. The molecule has 0 saturated heterocycles. The molecule has 16 heavy (non-hydrogen) atoms. The lowest BCUT2D eigenvalue weighted by molar-refractivity contribution is -0.383. The molecule has 0 spiro atoms. The molecule has 7 nitrogen and oxygen atoms in total. The van der Waals surface area contributed by atoms with E-state index in [4.69, 9.17) is 5.73 Å². The molecule has 1 fully saturated rings. The largest absolute Gasteiger partial charge is 0.378 e. The minimum absolute atomic E-state index is 0.0749. The van der Waals surface area contributed by atoms with Gasteiger partial charge < -0.3 is 10.6 Å². The smallest absolute Gasteiger partial charge is 0.353 e. The van der Waals surface area contributed by atoms with Crippen molar-refractivity contribution in [1.29, 1.82) is 0 Å². The zero-order valence-electron chi connectivity index (χ0n) is 8.96. The van der Waals surface area contributed by atoms with Gasteiger partial charge in [0, 0.05) is 12.6 Å². The van der Waals surface area contributed by atoms with Crippen LogP contribution in [0.2, 0.25) is 0 Å². The average molecular weight is 223 g/mol. The van der Waals surface area contributed by atoms with Gasteiger partial charge in [-0.1, -0.05) is 0 Å². The number of rotatable bonds is 4. The van der Waals surface area contributed by atoms with Crippen molar-refractivity contribution in [2.75, 3.05) is 17.2 Å². The minimum atomic E-state index is -0.518. The predicted octanol–water partition coefficient (Wildman–Crippen LogP) is 0.956. The Kier molecular flexibility index (Phi) is 2.59. The molecule has 1 saturated carbocycles. The number of anilines is 2. The molecule has 1 heterocycles. The summed E-state index contributed by atoms with van der Waals surface area (Å²) in [5.74, 6) is 0.261. The molecule has 0 amide bonds. The van der Waals surface area contributed by atoms with Crippen LogP contribution in [-0.2, 0) is 0 Å². The number of nitro groups is 1. The lowest BCUT2D eigenvalue weighted by atomic mass is 10.3. The lowest BCUT2D eigenvalue weighted by Gasteiger charge is -2.20. The van der Waals surface area contributed by atoms with Crippen molar-refractivity contribution in [3.63, 3.8) is 0 Å². The fourth-order valence-electron chi connectivity index (χ4n) is 1.74. The van der Waals surface area contributed by atoms with Crippen molar-refractivity contribution in [2.24, 2.45) is 0 Å². The van der Waals surface area contributed by atoms with Crippen molar-refractivity contribution in [2.45, 2.75) is 25.8 Å². The van der Waals surface area contributed by atoms with Crippen LogP contribution in [-0.4, -0.2) is 27.5 Å². The van der Waals surface area contributed by atoms with Crippen LogP contribution in [0.15, 0.2) is 6.33 Å². The summed E-state index contributed by atoms with van der Waals surface area (Å²) < 4.78 is 0. The second-order valence-corrected chi connectivity index (χ2v) is 3.71. The van der Waals surface area contributed by atoms with E-state index in [1.165, 1.54) is 6.33 Å². The Balaban J connectivity index is 2.45. The number of aromatic nitrogens is 2. The molecular formula is C9H13N5O2. The topological polar surface area (TPSA) is 98.2 Å². The molecule has 7 heteroatoms. The maximum atomic E-state index is 10.9. The second kappa shape index (κ2) is 3.92. The summed E-state index contributed by atoms with van der Waals surface area (Å²) in [5, 5.41) is 10.9. The van der Waals surface area contributed by atoms with Gasteiger partial charge in [0.05, 0.1) is 4.92 Å². The van der Waals surface area contributed by atoms with Crippen molar-refractivity contribution in [1.82, 2.24) is 9.97 Å². The van der Waals surface area contributed by atoms with E-state index in [1.54, 1.807) is 0 Å². The van der Waals surface area contributed by atoms with E-state index in [-0.39, 0.29) is 11.5 Å². The standard InChI is InChI=1S/C9H13N5O2/c1-2-13(6-3-4-6)9-7(14(15)16)8(10)11-5-12-9/h5-6H,2-4H2,1H3,(H2,10,11,12). The van der Waals surface area contributed by atoms with Gasteiger partial charge in [0.15, 0.2) is 0 Å². The summed E-state index contributed by atoms with van der Waals surface area (Å²) in [7, 11) is 0. The van der Waals surface area contributed by atoms with Crippen LogP contribution < -0.4 is 10.6 Å². The van der Waals surface area contributed by atoms with Crippen molar-refractivity contribution in [3.8, 4) is 0 Å². The Morgan fingerprint density at radius 1 is 1.62 bits per heavy atom. The molecule has 0 aliphatic heterocycles. The van der Waals surface area contributed by atoms with E-state index in [0.29, 0.717) is 18.4 Å². The highest BCUT2D eigenvalue weighted by molar-refractivity contribution is 5.69. The number of hydrogen-bond acceptors (Lipinski definition) is 6. The molecule has 0 bridgehead atoms. The molecular weight excluding hydrogens is 210 g/mol. The highest BCUT2D eigenvalue weighted by Gasteiger charge is 2.34. The lowest BCUT2D eigenvalue weighted by Crippen LogP contribution is -2.27. The van der Waals surface area contributed by atoms with Gasteiger partial charge in [0.2, 0.25) is 11.6 Å². The third kappa shape index (κ3) is 1.75. The van der Waals surface area contributed by atoms with Gasteiger partial charge >= 0.3 is 5.69 Å². The van der Waals surface area contributed by atoms with Crippen molar-refractivity contribution < 1.29 is 4.92 Å². The third-order valence-electron chi connectivity index (χ3n) is 2.61. The van der Waals surface area contributed by atoms with E-state index in [1.807, 2.05) is 11.8 Å². The molecule has 1 aromatic rings. The Bertz CT molecular complexity index is 418. The van der Waals surface area contributed by atoms with Gasteiger partial charge in [-0.05, 0) is 19.8 Å². The van der Waals surface area contributed by atoms with Crippen LogP contribution in [0.5, 0.6) is 0 Å². The van der Waals surface area contributed by atoms with Gasteiger partial charge in [0.25, 0.3) is 0 Å². The van der Waals surface area contributed by atoms with Crippen LogP contribution >= 0.6 is 0 Å². The van der Waals surface area contributed by atoms with Gasteiger partial charge in [-0.15, -0.1) is 0 Å². The van der Waals surface area contributed by atoms with Crippen molar-refractivity contribution in [3.05, 3.63) is 16.4 Å². The molecule has 86 valence electrons. The molecule has 0 aromatic carbocycles. The van der Waals surface area contributed by atoms with E-state index in [9.17, 15) is 10.1 Å². The van der Waals surface area contributed by atoms with Gasteiger partial charge in [-0.25, -0.2) is 9.97 Å². The molecule has 1 aromatic heterocycles. The minimum Gasteiger partial charge on any atom is -0.378 e. The zero-order valence-corrected chi connectivity index (χ0v) is 8.96. The number of hydrogen-bond donors (Lipinski definition) is 1. The van der Waals surface area contributed by atoms with Crippen LogP contribution in [0.4, 0.5) is 17.3 Å². The zero-order chi connectivity index (χ0) is 11.7. The summed E-state index contributed by atoms with van der Waals surface area (Å²) in [6.07, 6.45) is 3.37. The quantitative estimate of drug-likeness (QED) is 0.602. The molecule has 2 rings (SSSR count). The van der Waals surface area contributed by atoms with Gasteiger partial charge in [0.1, 0.15) is 6.33 Å². The van der Waals surface area contributed by atoms with Crippen LogP contribution in [0.3, 0.4) is 0 Å². The number of nitrogen functional groups attached to an aromatic ring is 1. The molecule has 1 aliphatic rings. The Morgan fingerprint density at radius 3 is 2.81 bits per heavy atom. The second-order valence-electron chi connectivity index (χ2n) is 3.71. The van der Waals surface area contributed by atoms with Crippen LogP contribution in [0, 0.1) is 10.1 Å². The van der Waals surface area contributed by atoms with E-state index >= 15 is 0 Å². The summed E-state index contributed by atoms with van der Waals surface area (Å²) >= 11 is 0. The Labute approximate surface area is 92.4 Å². The molecule has 0 radical (unpaired) electrons. The molecule has 1 aliphatic carbocycles. The average Bonchev–Trinajstić information content (AvgIpc) is 3.02. The summed E-state index contributed by atoms with van der Waals surface area (Å²) in [6, 6.07) is 0.359. The first-order valence-corrected chi connectivity index (χ1v) is 5.16. The van der Waals surface area contributed by atoms with E-state index in [2.05, 4.69) is 9.97 Å². The van der Waals surface area contributed by atoms with Crippen molar-refractivity contribution >= 4 is 17.3 Å². The molecule has 0 unspecified atom stereocenters. The highest BCUT2D eigenvalue weighted by atomic mass is 16.6. The highest BCUT2D eigenvalue weighted by Crippen LogP contribution is 2.36. The summed E-state index contributed by atoms with van der Waals surface area (Å²) in [5.41, 5.74) is 5.33. The molecule has 0 atom stereocenters. The first kappa shape index (κ1) is 10.6. The first-order chi connectivity index (χ1) is 7.65. The molecule has 2 N–H and O–H groups in total. The fraction of sp³-hybridized carbons (Fsp3) is 0.556. The third-order valence-corrected chi connectivity index (χ3v) is 2.61. The first-order valence-electron chi connectivity index (χ1n) is 5.16. The van der Waals surface area contributed by atoms with Gasteiger partial charge in [-0.2, -0.15) is 0 Å². The Hall–Kier alpha value is -1.92.